The van der Waals surface area contributed by atoms with Crippen molar-refractivity contribution >= 4 is 51.3 Å². The van der Waals surface area contributed by atoms with Crippen LogP contribution >= 0.6 is 33.4 Å². The van der Waals surface area contributed by atoms with Gasteiger partial charge in [0, 0.05) is 69.9 Å². The lowest BCUT2D eigenvalue weighted by atomic mass is 9.95. The van der Waals surface area contributed by atoms with Crippen LogP contribution in [0.1, 0.15) is 115 Å². The molecule has 0 bridgehead atoms. The summed E-state index contributed by atoms with van der Waals surface area (Å²) in [6.07, 6.45) is -10.3. The summed E-state index contributed by atoms with van der Waals surface area (Å²) >= 11 is 5.45. The topological polar surface area (TPSA) is 636 Å². The van der Waals surface area contributed by atoms with E-state index >= 15 is 8.78 Å². The first kappa shape index (κ1) is 107. The van der Waals surface area contributed by atoms with Gasteiger partial charge in [-0.25, -0.2) is 51.0 Å². The van der Waals surface area contributed by atoms with Crippen LogP contribution in [-0.2, 0) is 98.7 Å². The van der Waals surface area contributed by atoms with Crippen molar-refractivity contribution < 1.29 is 156 Å². The molecule has 0 radical (unpaired) electrons. The summed E-state index contributed by atoms with van der Waals surface area (Å²) < 4.78 is 193. The maximum atomic E-state index is 16.6. The van der Waals surface area contributed by atoms with Crippen LogP contribution in [0.3, 0.4) is 0 Å². The Morgan fingerprint density at radius 1 is 0.450 bits per heavy atom. The Morgan fingerprint density at radius 3 is 1.03 bits per heavy atom. The number of para-hydroxylation sites is 2. The van der Waals surface area contributed by atoms with Crippen molar-refractivity contribution in [3.63, 3.8) is 0 Å². The Hall–Kier alpha value is -8.97. The molecule has 56 heteroatoms. The van der Waals surface area contributed by atoms with Crippen LogP contribution in [0.5, 0.6) is 11.5 Å². The summed E-state index contributed by atoms with van der Waals surface area (Å²) in [6.45, 7) is 10.6. The lowest BCUT2D eigenvalue weighted by Crippen LogP contribution is -2.50. The fourth-order valence-electron chi connectivity index (χ4n) is 13.3. The number of aromatic nitrogens is 8. The minimum absolute atomic E-state index is 0.0493. The fraction of sp³-hybridized carbons (Fsp3) is 0.587. The molecular formula is C75H103ClF4N11O37P3. The van der Waals surface area contributed by atoms with Crippen molar-refractivity contribution in [1.82, 2.24) is 53.5 Å². The van der Waals surface area contributed by atoms with Crippen LogP contribution in [0.2, 0.25) is 0 Å². The standard InChI is InChI=1S/C24H31FN3O11P.C22H29FN3O10P.C12H15FN2O7.C10H13FN2O6.C7H15ClNO3P/c1-14(2)35-18(30)15(3)27-40(32,39-16-9-7-6-8-10-16)34-13-24(25)19-23(4,38-22(33-5)36-19)20(37-24)28-12-11-17(29)26-21(28)31;1-13(2)34-17(28)14(3)25-37(32,36-15-8-6-5-7-9-15)33-12-22(23)18(29)21(4,31)19(35-22)26-11-10-16(27)24-20(26)30;1-11-7(20-10(19-2)22-11)12(13,5-16)21-8(11)15-4-3-6(17)14-9(15)18;1-9(18)6(16)10(11,4-14)19-7(9)13-3-2-5(15)12-8(13)17;1-5(2)12-7(10)6(3)9-13(4,8)11/h6-12,14-15,19-20,22H,13H2,1-5H3,(H,27,32)(H,26,29,31);5-11,13-14,18-19,29,31H,12H2,1-4H3,(H,25,32)(H,24,27,30);3-4,7-8,10,16H,5H2,1-2H3,(H,14,17,18);2-3,6-7,14,16,18H,4H2,1H3,(H,12,15,17);5-6H,1-4H3,(H,9,11)/t15-,19+,20-,22?,23-,24-,40?;14-,18+,19-,21-,22-,37?;7-,8+,10?,11+,12+;6-,7+,9+,10+;6-,13?/m11001/s1. The largest absolute Gasteiger partial charge is 0.462 e. The van der Waals surface area contributed by atoms with E-state index in [9.17, 15) is 101 Å². The van der Waals surface area contributed by atoms with Crippen molar-refractivity contribution in [3.05, 3.63) is 193 Å². The van der Waals surface area contributed by atoms with Gasteiger partial charge in [-0.1, -0.05) is 36.4 Å². The molecule has 13 N–H and O–H groups in total. The second-order valence-electron chi connectivity index (χ2n) is 31.5. The first-order valence-electron chi connectivity index (χ1n) is 39.4. The first-order valence-corrected chi connectivity index (χ1v) is 45.6. The molecule has 5 unspecified atom stereocenters. The number of carbonyl (C=O) groups is 3. The number of hydrogen-bond acceptors (Lipinski definition) is 37. The third kappa shape index (κ3) is 25.8. The maximum Gasteiger partial charge on any atom is 0.459 e. The molecular weight excluding hydrogens is 1850 g/mol. The maximum absolute atomic E-state index is 16.6. The molecule has 6 aliphatic heterocycles. The van der Waals surface area contributed by atoms with Crippen molar-refractivity contribution in [3.8, 4) is 11.5 Å². The fourth-order valence-corrected chi connectivity index (χ4v) is 17.6. The van der Waals surface area contributed by atoms with Gasteiger partial charge in [-0.15, -0.1) is 0 Å². The van der Waals surface area contributed by atoms with Gasteiger partial charge in [0.25, 0.3) is 58.6 Å². The van der Waals surface area contributed by atoms with Gasteiger partial charge in [0.1, 0.15) is 90.7 Å². The number of ether oxygens (including phenoxy) is 13. The molecule has 2 aromatic carbocycles. The second-order valence-corrected chi connectivity index (χ2v) is 38.8. The first-order chi connectivity index (χ1) is 60.7. The van der Waals surface area contributed by atoms with Gasteiger partial charge in [-0.2, -0.15) is 10.2 Å². The number of rotatable bonds is 30. The number of nitrogens with zero attached hydrogens (tertiary/aromatic N) is 4. The van der Waals surface area contributed by atoms with Crippen LogP contribution in [0.25, 0.3) is 0 Å². The molecule has 4 aromatic heterocycles. The van der Waals surface area contributed by atoms with Crippen LogP contribution in [-0.4, -0.2) is 254 Å². The monoisotopic (exact) mass is 1950 g/mol. The predicted molar refractivity (Wildman–Crippen MR) is 441 cm³/mol. The molecule has 0 saturated carbocycles. The molecule has 12 rings (SSSR count). The number of aliphatic hydroxyl groups is 6. The highest BCUT2D eigenvalue weighted by molar-refractivity contribution is 7.87. The van der Waals surface area contributed by atoms with Gasteiger partial charge in [0.15, 0.2) is 37.1 Å². The minimum Gasteiger partial charge on any atom is -0.462 e. The zero-order chi connectivity index (χ0) is 98.1. The minimum atomic E-state index is -4.55. The van der Waals surface area contributed by atoms with Gasteiger partial charge >= 0.3 is 56.2 Å². The number of aromatic amines is 4. The molecule has 730 valence electrons. The molecule has 0 spiro atoms. The number of fused-ring (bicyclic) bond motifs is 2. The Kier molecular flexibility index (Phi) is 35.0. The third-order valence-corrected chi connectivity index (χ3v) is 23.8. The van der Waals surface area contributed by atoms with E-state index in [2.05, 4.69) is 20.2 Å². The molecule has 24 atom stereocenters. The van der Waals surface area contributed by atoms with Gasteiger partial charge in [-0.3, -0.25) is 85.4 Å². The number of benzene rings is 2. The predicted octanol–water partition coefficient (Wildman–Crippen LogP) is 1.59. The number of methoxy groups -OCH3 is 2. The molecule has 6 aromatic rings. The summed E-state index contributed by atoms with van der Waals surface area (Å²) in [5.74, 6) is -13.4. The summed E-state index contributed by atoms with van der Waals surface area (Å²) in [5.41, 5.74) is -14.1. The molecule has 0 amide bonds. The molecule has 6 aliphatic rings. The van der Waals surface area contributed by atoms with Crippen LogP contribution in [0.15, 0.2) is 148 Å². The zero-order valence-electron chi connectivity index (χ0n) is 72.8. The number of nitrogens with one attached hydrogen (secondary N) is 7. The summed E-state index contributed by atoms with van der Waals surface area (Å²) in [5, 5.41) is 66.5. The number of alkyl halides is 4. The molecule has 10 heterocycles. The van der Waals surface area contributed by atoms with Crippen LogP contribution in [0, 0.1) is 0 Å². The number of esters is 3. The Labute approximate surface area is 744 Å². The smallest absolute Gasteiger partial charge is 0.459 e. The lowest BCUT2D eigenvalue weighted by molar-refractivity contribution is -0.301. The van der Waals surface area contributed by atoms with Crippen LogP contribution in [0.4, 0.5) is 17.6 Å². The summed E-state index contributed by atoms with van der Waals surface area (Å²) in [6, 6.07) is 16.6. The average molecular weight is 1960 g/mol. The van der Waals surface area contributed by atoms with Gasteiger partial charge in [0.2, 0.25) is 6.65 Å². The number of hydrogen-bond donors (Lipinski definition) is 13. The van der Waals surface area contributed by atoms with E-state index in [1.807, 2.05) is 15.0 Å². The highest BCUT2D eigenvalue weighted by Gasteiger charge is 2.73. The van der Waals surface area contributed by atoms with Crippen molar-refractivity contribution in [2.75, 3.05) is 47.3 Å². The normalized spacial score (nSPS) is 31.3. The van der Waals surface area contributed by atoms with Gasteiger partial charge < -0.3 is 101 Å². The van der Waals surface area contributed by atoms with Crippen LogP contribution < -0.4 is 69.3 Å². The molecule has 0 aliphatic carbocycles. The van der Waals surface area contributed by atoms with Gasteiger partial charge in [0.05, 0.1) is 18.3 Å². The molecule has 48 nitrogen and oxygen atoms in total. The van der Waals surface area contributed by atoms with E-state index in [0.717, 1.165) is 76.6 Å². The van der Waals surface area contributed by atoms with Crippen molar-refractivity contribution in [1.29, 1.82) is 0 Å². The molecule has 6 saturated heterocycles. The average Bonchev–Trinajstić information content (AvgIpc) is 1.55. The lowest BCUT2D eigenvalue weighted by Gasteiger charge is -2.29. The van der Waals surface area contributed by atoms with Gasteiger partial charge in [-0.05, 0) is 126 Å². The van der Waals surface area contributed by atoms with Crippen molar-refractivity contribution in [2.45, 2.75) is 235 Å². The Morgan fingerprint density at radius 2 is 0.733 bits per heavy atom. The second kappa shape index (κ2) is 42.7. The highest BCUT2D eigenvalue weighted by atomic mass is 35.7. The van der Waals surface area contributed by atoms with E-state index < -0.39 is 250 Å². The summed E-state index contributed by atoms with van der Waals surface area (Å²) in [7, 11) is -6.48. The Bertz CT molecular complexity index is 5620. The van der Waals surface area contributed by atoms with E-state index in [-0.39, 0.29) is 17.6 Å². The highest BCUT2D eigenvalue weighted by Crippen LogP contribution is 2.57. The molecule has 6 fully saturated rings. The van der Waals surface area contributed by atoms with Crippen molar-refractivity contribution in [2.24, 2.45) is 0 Å². The number of aliphatic hydroxyl groups excluding tert-OH is 4. The van der Waals surface area contributed by atoms with E-state index in [4.69, 9.17) is 96.0 Å². The van der Waals surface area contributed by atoms with E-state index in [1.165, 1.54) is 72.8 Å². The van der Waals surface area contributed by atoms with E-state index in [0.29, 0.717) is 4.57 Å². The quantitative estimate of drug-likeness (QED) is 0.0132. The van der Waals surface area contributed by atoms with E-state index in [1.54, 1.807) is 84.9 Å². The Balaban J connectivity index is 0.000000213. The number of H-pyrrole nitrogens is 4. The zero-order valence-corrected chi connectivity index (χ0v) is 76.3. The number of carbonyl (C=O) groups excluding carboxylic acids is 3. The molecule has 131 heavy (non-hydrogen) atoms. The summed E-state index contributed by atoms with van der Waals surface area (Å²) in [4.78, 5) is 137. The SMILES string of the molecule is CC(C)OC(=O)[C@@H](C)NP(=O)(OC[C@@]1(F)O[C@@H](n2ccc(=O)[nH]c2=O)[C@](C)(O)[C@@H]1O)Oc1ccccc1.CC(C)OC(=O)[C@@H](C)NP(C)(=O)Cl.COC1O[C@H]2[C@@](C)(O1)[C@H](n1ccc(=O)[nH]c1=O)O[C@]2(F)CO.COC1O[C@H]2[C@@](C)(O1)[C@H](n1ccc(=O)[nH]c1=O)O[C@]2(F)COP(=O)(N[C@H](C)C(=O)OC(C)C)Oc1ccccc1.C[C@]1(O)[C@H](n2ccc(=O)[nH]c2=O)O[C@](F)(CO)[C@H]1O. The number of halogens is 5. The third-order valence-electron chi connectivity index (χ3n) is 19.4.